The predicted octanol–water partition coefficient (Wildman–Crippen LogP) is 9.91. The Morgan fingerprint density at radius 2 is 1.00 bits per heavy atom. The van der Waals surface area contributed by atoms with Gasteiger partial charge in [0.2, 0.25) is 0 Å². The molecule has 2 aromatic carbocycles. The molecule has 0 amide bonds. The predicted molar refractivity (Wildman–Crippen MR) is 149 cm³/mol. The number of benzene rings is 2. The van der Waals surface area contributed by atoms with Gasteiger partial charge in [-0.2, -0.15) is 0 Å². The minimum absolute atomic E-state index is 0.252. The van der Waals surface area contributed by atoms with E-state index in [1.54, 1.807) is 0 Å². The van der Waals surface area contributed by atoms with E-state index in [1.165, 1.54) is 86.5 Å². The van der Waals surface area contributed by atoms with Crippen LogP contribution >= 0.6 is 17.0 Å². The molecule has 2 aromatic rings. The molecular formula is C30H37Cl2SiZr. The summed E-state index contributed by atoms with van der Waals surface area (Å²) in [5.74, 6) is -1.53. The minimum atomic E-state index is -4.56. The standard InChI is InChI=1S/C12H23Si.2C9H7.2ClH.Zr/c1-3-7-11(8-4-1)13-12-9-5-2-6-10-12;2*1-2-5-9-7-3-6-8(9)4-1;;;/h11-13H,1-10H2;2*1-7H;2*1H;/q;;;;;+2/p-2. The summed E-state index contributed by atoms with van der Waals surface area (Å²) in [5.41, 5.74) is 7.20. The molecule has 2 fully saturated rings. The van der Waals surface area contributed by atoms with Gasteiger partial charge in [0.1, 0.15) is 0 Å². The van der Waals surface area contributed by atoms with Crippen LogP contribution in [0.5, 0.6) is 0 Å². The molecule has 4 heteroatoms. The van der Waals surface area contributed by atoms with E-state index in [9.17, 15) is 0 Å². The van der Waals surface area contributed by atoms with E-state index in [-0.39, 0.29) is 7.25 Å². The number of fused-ring (bicyclic) bond motifs is 2. The van der Waals surface area contributed by atoms with Crippen LogP contribution in [0.2, 0.25) is 11.1 Å². The molecule has 2 unspecified atom stereocenters. The Labute approximate surface area is 214 Å². The molecule has 4 aliphatic carbocycles. The molecule has 0 N–H and O–H groups in total. The number of rotatable bonds is 5. The number of halogens is 2. The fourth-order valence-electron chi connectivity index (χ4n) is 8.34. The van der Waals surface area contributed by atoms with Crippen molar-refractivity contribution in [3.63, 3.8) is 0 Å². The van der Waals surface area contributed by atoms with Crippen molar-refractivity contribution in [1.82, 2.24) is 0 Å². The van der Waals surface area contributed by atoms with Crippen molar-refractivity contribution < 1.29 is 15.6 Å². The van der Waals surface area contributed by atoms with Gasteiger partial charge in [0, 0.05) is 0 Å². The van der Waals surface area contributed by atoms with Gasteiger partial charge in [-0.1, -0.05) is 0 Å². The molecule has 0 aromatic heterocycles. The first-order valence-corrected chi connectivity index (χ1v) is 29.0. The normalized spacial score (nSPS) is 26.4. The quantitative estimate of drug-likeness (QED) is 0.306. The molecule has 0 spiro atoms. The van der Waals surface area contributed by atoms with E-state index in [0.29, 0.717) is 0 Å². The van der Waals surface area contributed by atoms with Crippen LogP contribution in [0.25, 0.3) is 12.2 Å². The summed E-state index contributed by atoms with van der Waals surface area (Å²) >= 11 is -4.56. The van der Waals surface area contributed by atoms with Crippen LogP contribution in [0.1, 0.15) is 93.7 Å². The Morgan fingerprint density at radius 3 is 1.44 bits per heavy atom. The molecular weight excluding hydrogens is 551 g/mol. The van der Waals surface area contributed by atoms with Crippen LogP contribution in [0.4, 0.5) is 0 Å². The first kappa shape index (κ1) is 24.0. The zero-order valence-corrected chi connectivity index (χ0v) is 25.3. The summed E-state index contributed by atoms with van der Waals surface area (Å²) in [6.45, 7) is 0. The van der Waals surface area contributed by atoms with Crippen molar-refractivity contribution in [2.75, 3.05) is 0 Å². The second-order valence-corrected chi connectivity index (χ2v) is 51.2. The summed E-state index contributed by atoms with van der Waals surface area (Å²) in [6, 6.07) is 18.0. The van der Waals surface area contributed by atoms with Gasteiger partial charge in [0.25, 0.3) is 0 Å². The molecule has 0 heterocycles. The summed E-state index contributed by atoms with van der Waals surface area (Å²) in [7, 11) is 17.3. The van der Waals surface area contributed by atoms with Gasteiger partial charge in [-0.15, -0.1) is 0 Å². The van der Waals surface area contributed by atoms with Gasteiger partial charge in [0.05, 0.1) is 0 Å². The number of hydrogen-bond donors (Lipinski definition) is 0. The summed E-state index contributed by atoms with van der Waals surface area (Å²) < 4.78 is 0.504. The zero-order valence-electron chi connectivity index (χ0n) is 20.1. The van der Waals surface area contributed by atoms with Gasteiger partial charge < -0.3 is 0 Å². The molecule has 2 saturated carbocycles. The van der Waals surface area contributed by atoms with Crippen LogP contribution < -0.4 is 0 Å². The molecule has 0 aliphatic heterocycles. The third-order valence-electron chi connectivity index (χ3n) is 9.74. The molecule has 2 atom stereocenters. The third kappa shape index (κ3) is 3.86. The Bertz CT molecular complexity index is 1030. The van der Waals surface area contributed by atoms with E-state index in [1.807, 2.05) is 0 Å². The van der Waals surface area contributed by atoms with Crippen LogP contribution in [-0.2, 0) is 15.6 Å². The third-order valence-corrected chi connectivity index (χ3v) is 57.8. The second kappa shape index (κ2) is 9.48. The molecule has 6 rings (SSSR count). The Morgan fingerprint density at radius 1 is 0.588 bits per heavy atom. The van der Waals surface area contributed by atoms with Crippen molar-refractivity contribution in [2.45, 2.75) is 82.5 Å². The summed E-state index contributed by atoms with van der Waals surface area (Å²) in [4.78, 5) is 0. The van der Waals surface area contributed by atoms with Gasteiger partial charge >= 0.3 is 216 Å². The van der Waals surface area contributed by atoms with Crippen molar-refractivity contribution in [1.29, 1.82) is 0 Å². The Balaban J connectivity index is 1.57. The zero-order chi connectivity index (χ0) is 23.2. The van der Waals surface area contributed by atoms with Crippen molar-refractivity contribution in [2.24, 2.45) is 0 Å². The molecule has 4 aliphatic rings. The van der Waals surface area contributed by atoms with Crippen LogP contribution in [0, 0.1) is 0 Å². The van der Waals surface area contributed by atoms with Crippen molar-refractivity contribution in [3.05, 3.63) is 82.9 Å². The first-order valence-electron chi connectivity index (χ1n) is 13.7. The Hall–Kier alpha value is -0.400. The van der Waals surface area contributed by atoms with Crippen LogP contribution in [-0.4, -0.2) is 5.92 Å². The average molecular weight is 588 g/mol. The molecule has 0 radical (unpaired) electrons. The first-order chi connectivity index (χ1) is 16.6. The van der Waals surface area contributed by atoms with E-state index >= 15 is 0 Å². The topological polar surface area (TPSA) is 0 Å². The fraction of sp³-hybridized carbons (Fsp3) is 0.467. The molecule has 0 nitrogen and oxygen atoms in total. The summed E-state index contributed by atoms with van der Waals surface area (Å²) in [5, 5.41) is 0. The summed E-state index contributed by atoms with van der Waals surface area (Å²) in [6.07, 6.45) is 23.5. The van der Waals surface area contributed by atoms with E-state index in [0.717, 1.165) is 11.1 Å². The van der Waals surface area contributed by atoms with Gasteiger partial charge in [-0.05, 0) is 0 Å². The van der Waals surface area contributed by atoms with Gasteiger partial charge in [0.15, 0.2) is 0 Å². The second-order valence-electron chi connectivity index (χ2n) is 11.5. The van der Waals surface area contributed by atoms with Gasteiger partial charge in [-0.25, -0.2) is 0 Å². The fourth-order valence-corrected chi connectivity index (χ4v) is 66.5. The molecule has 34 heavy (non-hydrogen) atoms. The number of allylic oxidation sites excluding steroid dienone is 2. The molecule has 179 valence electrons. The van der Waals surface area contributed by atoms with Crippen molar-refractivity contribution in [3.8, 4) is 0 Å². The monoisotopic (exact) mass is 585 g/mol. The number of hydrogen-bond acceptors (Lipinski definition) is 0. The molecule has 0 bridgehead atoms. The molecule has 0 saturated heterocycles. The van der Waals surface area contributed by atoms with Crippen LogP contribution in [0.3, 0.4) is 0 Å². The van der Waals surface area contributed by atoms with E-state index < -0.39 is 21.5 Å². The maximum atomic E-state index is 8.63. The van der Waals surface area contributed by atoms with E-state index in [2.05, 4.69) is 72.8 Å². The van der Waals surface area contributed by atoms with Crippen molar-refractivity contribution >= 4 is 35.1 Å². The van der Waals surface area contributed by atoms with E-state index in [4.69, 9.17) is 17.0 Å². The SMILES string of the molecule is [Cl][Zr]([Cl])([CH]1C=Cc2ccccc21)([CH]1C=Cc2ccccc21)[SiH](C1CCCCC1)C1CCCCC1. The van der Waals surface area contributed by atoms with Gasteiger partial charge in [-0.3, -0.25) is 0 Å². The average Bonchev–Trinajstić information content (AvgIpc) is 3.51. The maximum absolute atomic E-state index is 8.63. The van der Waals surface area contributed by atoms with Crippen LogP contribution in [0.15, 0.2) is 60.7 Å². The Kier molecular flexibility index (Phi) is 6.68.